The van der Waals surface area contributed by atoms with Crippen LogP contribution in [-0.4, -0.2) is 42.3 Å². The lowest BCUT2D eigenvalue weighted by atomic mass is 9.93. The number of carbonyl (C=O) groups excluding carboxylic acids is 1. The highest BCUT2D eigenvalue weighted by atomic mass is 35.5. The first-order valence-electron chi connectivity index (χ1n) is 8.85. The van der Waals surface area contributed by atoms with Gasteiger partial charge in [-0.2, -0.15) is 0 Å². The van der Waals surface area contributed by atoms with Gasteiger partial charge >= 0.3 is 5.97 Å². The highest BCUT2D eigenvalue weighted by Gasteiger charge is 2.28. The van der Waals surface area contributed by atoms with Crippen LogP contribution in [-0.2, 0) is 9.53 Å². The van der Waals surface area contributed by atoms with Crippen LogP contribution in [0.5, 0.6) is 0 Å². The SMILES string of the molecule is CC(C)COC(=O)CC(c1cc(Cl)cc(Cl)c1)N1CCC(CO)CC1. The molecule has 6 heteroatoms. The van der Waals surface area contributed by atoms with Crippen molar-refractivity contribution < 1.29 is 14.6 Å². The summed E-state index contributed by atoms with van der Waals surface area (Å²) in [7, 11) is 0. The number of nitrogens with zero attached hydrogens (tertiary/aromatic N) is 1. The summed E-state index contributed by atoms with van der Waals surface area (Å²) in [6.45, 7) is 6.34. The van der Waals surface area contributed by atoms with Gasteiger partial charge in [0.15, 0.2) is 0 Å². The Morgan fingerprint density at radius 1 is 1.24 bits per heavy atom. The lowest BCUT2D eigenvalue weighted by Gasteiger charge is -2.37. The van der Waals surface area contributed by atoms with E-state index in [1.54, 1.807) is 6.07 Å². The number of esters is 1. The van der Waals surface area contributed by atoms with Gasteiger partial charge in [-0.05, 0) is 61.5 Å². The van der Waals surface area contributed by atoms with Crippen LogP contribution < -0.4 is 0 Å². The standard InChI is InChI=1S/C19H27Cl2NO3/c1-13(2)12-25-19(24)10-18(15-7-16(20)9-17(21)8-15)22-5-3-14(11-23)4-6-22/h7-9,13-14,18,23H,3-6,10-12H2,1-2H3. The molecule has 1 heterocycles. The highest BCUT2D eigenvalue weighted by Crippen LogP contribution is 2.32. The Morgan fingerprint density at radius 3 is 2.36 bits per heavy atom. The summed E-state index contributed by atoms with van der Waals surface area (Å²) in [6.07, 6.45) is 2.11. The van der Waals surface area contributed by atoms with Gasteiger partial charge < -0.3 is 9.84 Å². The predicted octanol–water partition coefficient (Wildman–Crippen LogP) is 4.33. The van der Waals surface area contributed by atoms with Crippen molar-refractivity contribution in [1.82, 2.24) is 4.90 Å². The zero-order valence-corrected chi connectivity index (χ0v) is 16.4. The Labute approximate surface area is 160 Å². The third-order valence-electron chi connectivity index (χ3n) is 4.56. The molecule has 0 bridgehead atoms. The second-order valence-electron chi connectivity index (χ2n) is 7.16. The fourth-order valence-corrected chi connectivity index (χ4v) is 3.69. The minimum Gasteiger partial charge on any atom is -0.465 e. The van der Waals surface area contributed by atoms with Crippen LogP contribution in [0, 0.1) is 11.8 Å². The number of rotatable bonds is 7. The molecule has 1 N–H and O–H groups in total. The molecular weight excluding hydrogens is 361 g/mol. The molecular formula is C19H27Cl2NO3. The molecule has 25 heavy (non-hydrogen) atoms. The number of aliphatic hydroxyl groups is 1. The van der Waals surface area contributed by atoms with Gasteiger partial charge in [-0.1, -0.05) is 37.0 Å². The van der Waals surface area contributed by atoms with Gasteiger partial charge in [-0.15, -0.1) is 0 Å². The van der Waals surface area contributed by atoms with Gasteiger partial charge in [-0.3, -0.25) is 9.69 Å². The largest absolute Gasteiger partial charge is 0.465 e. The van der Waals surface area contributed by atoms with E-state index >= 15 is 0 Å². The number of carbonyl (C=O) groups is 1. The Hall–Kier alpha value is -0.810. The molecule has 4 nitrogen and oxygen atoms in total. The van der Waals surface area contributed by atoms with Gasteiger partial charge in [-0.25, -0.2) is 0 Å². The summed E-state index contributed by atoms with van der Waals surface area (Å²) >= 11 is 12.3. The van der Waals surface area contributed by atoms with Crippen molar-refractivity contribution in [3.05, 3.63) is 33.8 Å². The lowest BCUT2D eigenvalue weighted by Crippen LogP contribution is -2.38. The van der Waals surface area contributed by atoms with Crippen molar-refractivity contribution >= 4 is 29.2 Å². The number of piperidine rings is 1. The molecule has 2 rings (SSSR count). The first-order chi connectivity index (χ1) is 11.9. The molecule has 1 fully saturated rings. The van der Waals surface area contributed by atoms with Gasteiger partial charge in [0.25, 0.3) is 0 Å². The summed E-state index contributed by atoms with van der Waals surface area (Å²) in [5.74, 6) is 0.440. The van der Waals surface area contributed by atoms with Gasteiger partial charge in [0.1, 0.15) is 0 Å². The topological polar surface area (TPSA) is 49.8 Å². The average Bonchev–Trinajstić information content (AvgIpc) is 2.57. The summed E-state index contributed by atoms with van der Waals surface area (Å²) in [5.41, 5.74) is 0.932. The van der Waals surface area contributed by atoms with Crippen molar-refractivity contribution in [3.63, 3.8) is 0 Å². The van der Waals surface area contributed by atoms with Crippen molar-refractivity contribution in [2.45, 2.75) is 39.2 Å². The molecule has 0 amide bonds. The minimum atomic E-state index is -0.209. The molecule has 0 aliphatic carbocycles. The summed E-state index contributed by atoms with van der Waals surface area (Å²) < 4.78 is 5.38. The maximum atomic E-state index is 12.3. The summed E-state index contributed by atoms with van der Waals surface area (Å²) in [6, 6.07) is 5.31. The minimum absolute atomic E-state index is 0.115. The monoisotopic (exact) mass is 387 g/mol. The maximum absolute atomic E-state index is 12.3. The molecule has 0 saturated carbocycles. The van der Waals surface area contributed by atoms with Crippen LogP contribution in [0.3, 0.4) is 0 Å². The normalized spacial score (nSPS) is 17.7. The second kappa shape index (κ2) is 9.77. The van der Waals surface area contributed by atoms with Crippen LogP contribution in [0.15, 0.2) is 18.2 Å². The number of benzene rings is 1. The Bertz CT molecular complexity index is 552. The third-order valence-corrected chi connectivity index (χ3v) is 4.99. The van der Waals surface area contributed by atoms with Crippen molar-refractivity contribution in [1.29, 1.82) is 0 Å². The Kier molecular flexibility index (Phi) is 8.01. The van der Waals surface area contributed by atoms with E-state index in [0.717, 1.165) is 31.5 Å². The zero-order valence-electron chi connectivity index (χ0n) is 14.9. The number of aliphatic hydroxyl groups excluding tert-OH is 1. The van der Waals surface area contributed by atoms with Crippen LogP contribution in [0.4, 0.5) is 0 Å². The van der Waals surface area contributed by atoms with E-state index in [4.69, 9.17) is 27.9 Å². The average molecular weight is 388 g/mol. The molecule has 140 valence electrons. The van der Waals surface area contributed by atoms with Gasteiger partial charge in [0.2, 0.25) is 0 Å². The lowest BCUT2D eigenvalue weighted by molar-refractivity contribution is -0.146. The molecule has 0 radical (unpaired) electrons. The first-order valence-corrected chi connectivity index (χ1v) is 9.61. The quantitative estimate of drug-likeness (QED) is 0.707. The summed E-state index contributed by atoms with van der Waals surface area (Å²) in [5, 5.41) is 10.5. The molecule has 1 unspecified atom stereocenters. The Balaban J connectivity index is 2.14. The fraction of sp³-hybridized carbons (Fsp3) is 0.632. The maximum Gasteiger partial charge on any atom is 0.307 e. The van der Waals surface area contributed by atoms with Crippen LogP contribution in [0.25, 0.3) is 0 Å². The molecule has 1 atom stereocenters. The van der Waals surface area contributed by atoms with Crippen LogP contribution in [0.1, 0.15) is 44.7 Å². The van der Waals surface area contributed by atoms with Crippen molar-refractivity contribution in [3.8, 4) is 0 Å². The molecule has 1 aromatic carbocycles. The van der Waals surface area contributed by atoms with E-state index in [2.05, 4.69) is 4.90 Å². The van der Waals surface area contributed by atoms with E-state index in [0.29, 0.717) is 28.5 Å². The molecule has 0 spiro atoms. The predicted molar refractivity (Wildman–Crippen MR) is 101 cm³/mol. The molecule has 1 aromatic rings. The smallest absolute Gasteiger partial charge is 0.307 e. The number of likely N-dealkylation sites (tertiary alicyclic amines) is 1. The van der Waals surface area contributed by atoms with Gasteiger partial charge in [0, 0.05) is 22.7 Å². The fourth-order valence-electron chi connectivity index (χ4n) is 3.15. The van der Waals surface area contributed by atoms with E-state index < -0.39 is 0 Å². The van der Waals surface area contributed by atoms with Crippen LogP contribution >= 0.6 is 23.2 Å². The van der Waals surface area contributed by atoms with E-state index in [9.17, 15) is 9.90 Å². The van der Waals surface area contributed by atoms with Crippen molar-refractivity contribution in [2.24, 2.45) is 11.8 Å². The van der Waals surface area contributed by atoms with Crippen molar-refractivity contribution in [2.75, 3.05) is 26.3 Å². The highest BCUT2D eigenvalue weighted by molar-refractivity contribution is 6.34. The number of ether oxygens (including phenoxy) is 1. The Morgan fingerprint density at radius 2 is 1.84 bits per heavy atom. The number of hydrogen-bond acceptors (Lipinski definition) is 4. The number of hydrogen-bond donors (Lipinski definition) is 1. The molecule has 0 aromatic heterocycles. The van der Waals surface area contributed by atoms with E-state index in [1.165, 1.54) is 0 Å². The third kappa shape index (κ3) is 6.45. The number of halogens is 2. The second-order valence-corrected chi connectivity index (χ2v) is 8.03. The van der Waals surface area contributed by atoms with E-state index in [-0.39, 0.29) is 25.0 Å². The summed E-state index contributed by atoms with van der Waals surface area (Å²) in [4.78, 5) is 14.6. The van der Waals surface area contributed by atoms with E-state index in [1.807, 2.05) is 26.0 Å². The van der Waals surface area contributed by atoms with Gasteiger partial charge in [0.05, 0.1) is 13.0 Å². The molecule has 1 aliphatic rings. The molecule has 1 saturated heterocycles. The first kappa shape index (κ1) is 20.5. The van der Waals surface area contributed by atoms with Crippen LogP contribution in [0.2, 0.25) is 10.0 Å². The zero-order chi connectivity index (χ0) is 18.4. The molecule has 1 aliphatic heterocycles.